The first kappa shape index (κ1) is 25.6. The van der Waals surface area contributed by atoms with Gasteiger partial charge < -0.3 is 21.3 Å². The molecule has 0 aliphatic heterocycles. The first-order chi connectivity index (χ1) is 16.1. The normalized spacial score (nSPS) is 11.5. The van der Waals surface area contributed by atoms with Crippen molar-refractivity contribution in [3.05, 3.63) is 57.6 Å². The Kier molecular flexibility index (Phi) is 8.86. The predicted octanol–water partition coefficient (Wildman–Crippen LogP) is 3.03. The highest BCUT2D eigenvalue weighted by Crippen LogP contribution is 2.29. The monoisotopic (exact) mass is 468 g/mol. The van der Waals surface area contributed by atoms with Gasteiger partial charge in [0.25, 0.3) is 5.69 Å². The molecular weight excluding hydrogens is 448 g/mol. The third-order valence-corrected chi connectivity index (χ3v) is 4.55. The number of nitro benzene ring substituents is 1. The minimum absolute atomic E-state index is 0.0582. The van der Waals surface area contributed by atoms with Gasteiger partial charge in [0.1, 0.15) is 17.8 Å². The van der Waals surface area contributed by atoms with E-state index in [1.807, 2.05) is 6.07 Å². The summed E-state index contributed by atoms with van der Waals surface area (Å²) in [6.07, 6.45) is -0.358. The molecule has 2 aromatic carbocycles. The Hall–Kier alpha value is -4.70. The number of carbonyl (C=O) groups is 3. The highest BCUT2D eigenvalue weighted by atomic mass is 16.6. The van der Waals surface area contributed by atoms with E-state index in [4.69, 9.17) is 15.9 Å². The Morgan fingerprint density at radius 2 is 1.79 bits per heavy atom. The van der Waals surface area contributed by atoms with Gasteiger partial charge in [0, 0.05) is 30.7 Å². The number of hydrogen-bond acceptors (Lipinski definition) is 9. The smallest absolute Gasteiger partial charge is 0.320 e. The average Bonchev–Trinajstić information content (AvgIpc) is 2.80. The van der Waals surface area contributed by atoms with Crippen molar-refractivity contribution >= 4 is 40.6 Å². The summed E-state index contributed by atoms with van der Waals surface area (Å²) >= 11 is 0. The van der Waals surface area contributed by atoms with Gasteiger partial charge in [0.05, 0.1) is 16.2 Å². The van der Waals surface area contributed by atoms with Crippen molar-refractivity contribution in [2.24, 2.45) is 16.0 Å². The lowest BCUT2D eigenvalue weighted by molar-refractivity contribution is -0.384. The van der Waals surface area contributed by atoms with Gasteiger partial charge >= 0.3 is 11.9 Å². The molecule has 0 radical (unpaired) electrons. The number of aliphatic carboxylic acids is 2. The van der Waals surface area contributed by atoms with Crippen LogP contribution in [0, 0.1) is 21.4 Å². The van der Waals surface area contributed by atoms with E-state index in [-0.39, 0.29) is 48.3 Å². The molecule has 0 saturated carbocycles. The number of rotatable bonds is 11. The molecule has 13 nitrogen and oxygen atoms in total. The molecule has 0 bridgehead atoms. The van der Waals surface area contributed by atoms with Crippen LogP contribution in [-0.4, -0.2) is 39.0 Å². The number of nitro groups is 1. The van der Waals surface area contributed by atoms with Crippen molar-refractivity contribution in [2.75, 3.05) is 5.32 Å². The molecule has 0 aromatic heterocycles. The summed E-state index contributed by atoms with van der Waals surface area (Å²) in [5, 5.41) is 48.5. The molecule has 1 atom stereocenters. The zero-order chi connectivity index (χ0) is 25.3. The van der Waals surface area contributed by atoms with Crippen LogP contribution in [-0.2, 0) is 20.8 Å². The van der Waals surface area contributed by atoms with Crippen LogP contribution in [0.25, 0.3) is 0 Å². The molecule has 2 rings (SSSR count). The molecular formula is C21H20N6O7. The SMILES string of the molecule is N#Cc1cc([N+](=O)[O-])ccc1/N=N/c1ccc(NC(=O)CCC(N)C(=O)O)cc1CCC(=O)O. The van der Waals surface area contributed by atoms with Crippen LogP contribution >= 0.6 is 0 Å². The van der Waals surface area contributed by atoms with E-state index in [1.54, 1.807) is 0 Å². The number of azo groups is 1. The molecule has 5 N–H and O–H groups in total. The minimum Gasteiger partial charge on any atom is -0.481 e. The van der Waals surface area contributed by atoms with Gasteiger partial charge in [0.15, 0.2) is 0 Å². The number of aryl methyl sites for hydroxylation is 1. The van der Waals surface area contributed by atoms with Crippen LogP contribution in [0.1, 0.15) is 30.4 Å². The van der Waals surface area contributed by atoms with Crippen molar-refractivity contribution in [3.63, 3.8) is 0 Å². The summed E-state index contributed by atoms with van der Waals surface area (Å²) in [6.45, 7) is 0. The standard InChI is InChI=1S/C21H20N6O7/c22-11-13-10-15(27(33)34)3-6-18(13)26-25-17-5-2-14(9-12(17)1-8-20(29)30)24-19(28)7-4-16(23)21(31)32/h2-3,5-6,9-10,16H,1,4,7-8,23H2,(H,24,28)(H,29,30)(H,31,32)/b26-25+. The largest absolute Gasteiger partial charge is 0.481 e. The Balaban J connectivity index is 2.26. The number of nitrogens with zero attached hydrogens (tertiary/aromatic N) is 4. The zero-order valence-electron chi connectivity index (χ0n) is 17.7. The third kappa shape index (κ3) is 7.46. The summed E-state index contributed by atoms with van der Waals surface area (Å²) in [5.74, 6) is -2.74. The predicted molar refractivity (Wildman–Crippen MR) is 118 cm³/mol. The number of anilines is 1. The number of nitriles is 1. The topological polar surface area (TPSA) is 221 Å². The molecule has 0 saturated heterocycles. The summed E-state index contributed by atoms with van der Waals surface area (Å²) < 4.78 is 0. The number of hydrogen-bond donors (Lipinski definition) is 4. The second-order valence-electron chi connectivity index (χ2n) is 7.04. The van der Waals surface area contributed by atoms with Crippen molar-refractivity contribution in [1.82, 2.24) is 0 Å². The minimum atomic E-state index is -1.22. The first-order valence-corrected chi connectivity index (χ1v) is 9.84. The lowest BCUT2D eigenvalue weighted by Crippen LogP contribution is -2.31. The zero-order valence-corrected chi connectivity index (χ0v) is 17.7. The second kappa shape index (κ2) is 11.8. The van der Waals surface area contributed by atoms with E-state index in [0.29, 0.717) is 11.3 Å². The van der Waals surface area contributed by atoms with Gasteiger partial charge in [-0.1, -0.05) is 0 Å². The second-order valence-corrected chi connectivity index (χ2v) is 7.04. The first-order valence-electron chi connectivity index (χ1n) is 9.84. The summed E-state index contributed by atoms with van der Waals surface area (Å²) in [4.78, 5) is 44.1. The number of amides is 1. The maximum absolute atomic E-state index is 12.1. The molecule has 1 unspecified atom stereocenters. The van der Waals surface area contributed by atoms with Crippen molar-refractivity contribution < 1.29 is 29.5 Å². The average molecular weight is 468 g/mol. The number of nitrogens with one attached hydrogen (secondary N) is 1. The Morgan fingerprint density at radius 1 is 1.12 bits per heavy atom. The van der Waals surface area contributed by atoms with E-state index >= 15 is 0 Å². The van der Waals surface area contributed by atoms with E-state index in [2.05, 4.69) is 15.5 Å². The number of benzene rings is 2. The fourth-order valence-electron chi connectivity index (χ4n) is 2.76. The van der Waals surface area contributed by atoms with Gasteiger partial charge in [-0.2, -0.15) is 10.4 Å². The van der Waals surface area contributed by atoms with E-state index in [1.165, 1.54) is 30.3 Å². The fourth-order valence-corrected chi connectivity index (χ4v) is 2.76. The van der Waals surface area contributed by atoms with Crippen LogP contribution < -0.4 is 11.1 Å². The molecule has 0 aliphatic carbocycles. The maximum atomic E-state index is 12.1. The number of nitrogens with two attached hydrogens (primary N) is 1. The molecule has 176 valence electrons. The highest BCUT2D eigenvalue weighted by Gasteiger charge is 2.15. The van der Waals surface area contributed by atoms with Crippen molar-refractivity contribution in [1.29, 1.82) is 5.26 Å². The third-order valence-electron chi connectivity index (χ3n) is 4.55. The summed E-state index contributed by atoms with van der Waals surface area (Å²) in [7, 11) is 0. The van der Waals surface area contributed by atoms with Crippen LogP contribution in [0.4, 0.5) is 22.7 Å². The van der Waals surface area contributed by atoms with Gasteiger partial charge in [0.2, 0.25) is 5.91 Å². The van der Waals surface area contributed by atoms with Crippen LogP contribution in [0.3, 0.4) is 0 Å². The van der Waals surface area contributed by atoms with Gasteiger partial charge in [-0.15, -0.1) is 5.11 Å². The quantitative estimate of drug-likeness (QED) is 0.216. The van der Waals surface area contributed by atoms with E-state index in [9.17, 15) is 29.8 Å². The number of carbonyl (C=O) groups excluding carboxylic acids is 1. The molecule has 0 fully saturated rings. The van der Waals surface area contributed by atoms with Crippen LogP contribution in [0.2, 0.25) is 0 Å². The fraction of sp³-hybridized carbons (Fsp3) is 0.238. The molecule has 0 spiro atoms. The summed E-state index contributed by atoms with van der Waals surface area (Å²) in [6, 6.07) is 8.64. The Labute approximate surface area is 192 Å². The van der Waals surface area contributed by atoms with Crippen molar-refractivity contribution in [2.45, 2.75) is 31.7 Å². The van der Waals surface area contributed by atoms with E-state index < -0.39 is 28.8 Å². The number of carboxylic acids is 2. The van der Waals surface area contributed by atoms with Gasteiger partial charge in [-0.3, -0.25) is 24.5 Å². The number of carboxylic acid groups (broad SMARTS) is 2. The highest BCUT2D eigenvalue weighted by molar-refractivity contribution is 5.91. The molecule has 0 heterocycles. The van der Waals surface area contributed by atoms with Gasteiger partial charge in [-0.05, 0) is 42.7 Å². The van der Waals surface area contributed by atoms with Crippen LogP contribution in [0.5, 0.6) is 0 Å². The lowest BCUT2D eigenvalue weighted by atomic mass is 10.1. The molecule has 34 heavy (non-hydrogen) atoms. The van der Waals surface area contributed by atoms with Crippen molar-refractivity contribution in [3.8, 4) is 6.07 Å². The molecule has 1 amide bonds. The molecule has 13 heteroatoms. The molecule has 2 aromatic rings. The Bertz CT molecular complexity index is 1190. The van der Waals surface area contributed by atoms with Crippen LogP contribution in [0.15, 0.2) is 46.6 Å². The summed E-state index contributed by atoms with van der Waals surface area (Å²) in [5.41, 5.74) is 6.18. The lowest BCUT2D eigenvalue weighted by Gasteiger charge is -2.10. The molecule has 0 aliphatic rings. The van der Waals surface area contributed by atoms with Gasteiger partial charge in [-0.25, -0.2) is 0 Å². The van der Waals surface area contributed by atoms with E-state index in [0.717, 1.165) is 6.07 Å². The number of non-ortho nitro benzene ring substituents is 1. The maximum Gasteiger partial charge on any atom is 0.320 e. The Morgan fingerprint density at radius 3 is 2.41 bits per heavy atom.